The molecule has 2 heterocycles. The minimum Gasteiger partial charge on any atom is -0.469 e. The van der Waals surface area contributed by atoms with Crippen LogP contribution in [-0.4, -0.2) is 41.9 Å². The van der Waals surface area contributed by atoms with Crippen LogP contribution in [0.3, 0.4) is 0 Å². The standard InChI is InChI=1S/C18H23BrINO2/c1-23-18(22)17-15(12-3-5-13(20)6-4-12)11-14-7-8-16(17)21(14)10-2-9-19/h3-6,14-17H,2,7-11H2,1H3/t14-,15+,16+,17-/m0/s1. The largest absolute Gasteiger partial charge is 0.469 e. The molecule has 1 aromatic rings. The Labute approximate surface area is 160 Å². The number of esters is 1. The van der Waals surface area contributed by atoms with Crippen molar-refractivity contribution in [2.45, 2.75) is 43.7 Å². The molecule has 4 atom stereocenters. The SMILES string of the molecule is COC(=O)[C@H]1[C@@H](c2ccc(I)cc2)C[C@@H]2CC[C@H]1N2CCCBr. The van der Waals surface area contributed by atoms with E-state index in [9.17, 15) is 4.79 Å². The molecule has 0 spiro atoms. The average molecular weight is 492 g/mol. The van der Waals surface area contributed by atoms with Crippen molar-refractivity contribution in [3.63, 3.8) is 0 Å². The van der Waals surface area contributed by atoms with Gasteiger partial charge in [-0.25, -0.2) is 0 Å². The second-order valence-corrected chi connectivity index (χ2v) is 8.56. The molecule has 0 radical (unpaired) electrons. The van der Waals surface area contributed by atoms with Gasteiger partial charge in [0.25, 0.3) is 0 Å². The summed E-state index contributed by atoms with van der Waals surface area (Å²) in [7, 11) is 1.52. The summed E-state index contributed by atoms with van der Waals surface area (Å²) in [6.45, 7) is 1.08. The van der Waals surface area contributed by atoms with Crippen LogP contribution in [0.4, 0.5) is 0 Å². The third-order valence-corrected chi connectivity index (χ3v) is 6.67. The van der Waals surface area contributed by atoms with E-state index in [1.54, 1.807) is 0 Å². The van der Waals surface area contributed by atoms with Gasteiger partial charge < -0.3 is 4.74 Å². The number of benzene rings is 1. The van der Waals surface area contributed by atoms with Crippen LogP contribution >= 0.6 is 38.5 Å². The molecule has 2 saturated heterocycles. The molecule has 3 rings (SSSR count). The highest BCUT2D eigenvalue weighted by atomic mass is 127. The number of hydrogen-bond donors (Lipinski definition) is 0. The van der Waals surface area contributed by atoms with Crippen LogP contribution in [0.2, 0.25) is 0 Å². The van der Waals surface area contributed by atoms with Crippen molar-refractivity contribution in [1.29, 1.82) is 0 Å². The number of rotatable bonds is 5. The van der Waals surface area contributed by atoms with Gasteiger partial charge in [-0.15, -0.1) is 0 Å². The predicted octanol–water partition coefficient (Wildman–Crippen LogP) is 4.19. The summed E-state index contributed by atoms with van der Waals surface area (Å²) in [6, 6.07) is 9.62. The fourth-order valence-corrected chi connectivity index (χ4v) is 5.02. The van der Waals surface area contributed by atoms with Crippen LogP contribution in [0.5, 0.6) is 0 Å². The molecule has 3 nitrogen and oxygen atoms in total. The maximum absolute atomic E-state index is 12.6. The lowest BCUT2D eigenvalue weighted by molar-refractivity contribution is -0.150. The first-order valence-corrected chi connectivity index (χ1v) is 10.5. The summed E-state index contributed by atoms with van der Waals surface area (Å²) < 4.78 is 6.43. The highest BCUT2D eigenvalue weighted by Crippen LogP contribution is 2.47. The lowest BCUT2D eigenvalue weighted by Gasteiger charge is -2.43. The van der Waals surface area contributed by atoms with Gasteiger partial charge in [0, 0.05) is 26.9 Å². The van der Waals surface area contributed by atoms with Gasteiger partial charge in [-0.2, -0.15) is 0 Å². The zero-order valence-electron chi connectivity index (χ0n) is 13.4. The Morgan fingerprint density at radius 3 is 2.74 bits per heavy atom. The highest BCUT2D eigenvalue weighted by molar-refractivity contribution is 14.1. The van der Waals surface area contributed by atoms with Gasteiger partial charge >= 0.3 is 5.97 Å². The summed E-state index contributed by atoms with van der Waals surface area (Å²) in [5, 5.41) is 1.02. The molecule has 2 fully saturated rings. The molecule has 2 bridgehead atoms. The van der Waals surface area contributed by atoms with Crippen molar-refractivity contribution in [1.82, 2.24) is 4.90 Å². The normalized spacial score (nSPS) is 30.4. The molecule has 0 saturated carbocycles. The van der Waals surface area contributed by atoms with Crippen molar-refractivity contribution >= 4 is 44.5 Å². The molecule has 126 valence electrons. The maximum Gasteiger partial charge on any atom is 0.310 e. The topological polar surface area (TPSA) is 29.5 Å². The second kappa shape index (κ2) is 7.83. The van der Waals surface area contributed by atoms with Crippen molar-refractivity contribution in [2.75, 3.05) is 19.0 Å². The Hall–Kier alpha value is -0.140. The Morgan fingerprint density at radius 1 is 1.35 bits per heavy atom. The first kappa shape index (κ1) is 17.7. The zero-order valence-corrected chi connectivity index (χ0v) is 17.1. The molecule has 0 aliphatic carbocycles. The van der Waals surface area contributed by atoms with E-state index in [0.29, 0.717) is 12.1 Å². The Morgan fingerprint density at radius 2 is 2.09 bits per heavy atom. The molecule has 0 aromatic heterocycles. The Bertz CT molecular complexity index is 550. The van der Waals surface area contributed by atoms with Crippen LogP contribution in [0.1, 0.15) is 37.2 Å². The number of hydrogen-bond acceptors (Lipinski definition) is 3. The molecular formula is C18H23BrINO2. The van der Waals surface area contributed by atoms with E-state index in [4.69, 9.17) is 4.74 Å². The van der Waals surface area contributed by atoms with Crippen LogP contribution in [-0.2, 0) is 9.53 Å². The first-order valence-electron chi connectivity index (χ1n) is 8.30. The van der Waals surface area contributed by atoms with Crippen molar-refractivity contribution in [3.8, 4) is 0 Å². The van der Waals surface area contributed by atoms with Crippen molar-refractivity contribution in [2.24, 2.45) is 5.92 Å². The molecule has 0 N–H and O–H groups in total. The van der Waals surface area contributed by atoms with Gasteiger partial charge in [-0.1, -0.05) is 28.1 Å². The molecule has 0 amide bonds. The summed E-state index contributed by atoms with van der Waals surface area (Å²) in [5.41, 5.74) is 1.29. The third kappa shape index (κ3) is 3.61. The summed E-state index contributed by atoms with van der Waals surface area (Å²) in [5.74, 6) is 0.217. The number of carbonyl (C=O) groups excluding carboxylic acids is 1. The molecule has 2 aliphatic heterocycles. The third-order valence-electron chi connectivity index (χ3n) is 5.39. The summed E-state index contributed by atoms with van der Waals surface area (Å²) >= 11 is 5.86. The average Bonchev–Trinajstić information content (AvgIpc) is 2.84. The van der Waals surface area contributed by atoms with E-state index in [1.165, 1.54) is 22.7 Å². The predicted molar refractivity (Wildman–Crippen MR) is 104 cm³/mol. The van der Waals surface area contributed by atoms with Crippen molar-refractivity contribution in [3.05, 3.63) is 33.4 Å². The summed E-state index contributed by atoms with van der Waals surface area (Å²) in [6.07, 6.45) is 4.53. The van der Waals surface area contributed by atoms with Gasteiger partial charge in [0.05, 0.1) is 13.0 Å². The molecule has 5 heteroatoms. The van der Waals surface area contributed by atoms with Crippen LogP contribution in [0.15, 0.2) is 24.3 Å². The molecular weight excluding hydrogens is 469 g/mol. The smallest absolute Gasteiger partial charge is 0.310 e. The van der Waals surface area contributed by atoms with Crippen LogP contribution < -0.4 is 0 Å². The quantitative estimate of drug-likeness (QED) is 0.351. The van der Waals surface area contributed by atoms with E-state index >= 15 is 0 Å². The molecule has 1 aromatic carbocycles. The van der Waals surface area contributed by atoms with E-state index in [2.05, 4.69) is 67.7 Å². The minimum absolute atomic E-state index is 0.0332. The molecule has 0 unspecified atom stereocenters. The van der Waals surface area contributed by atoms with Crippen LogP contribution in [0, 0.1) is 9.49 Å². The minimum atomic E-state index is -0.0391. The Balaban J connectivity index is 1.88. The number of fused-ring (bicyclic) bond motifs is 2. The first-order chi connectivity index (χ1) is 11.2. The van der Waals surface area contributed by atoms with E-state index < -0.39 is 0 Å². The number of piperidine rings is 1. The fraction of sp³-hybridized carbons (Fsp3) is 0.611. The zero-order chi connectivity index (χ0) is 16.4. The van der Waals surface area contributed by atoms with Gasteiger partial charge in [0.2, 0.25) is 0 Å². The Kier molecular flexibility index (Phi) is 6.02. The monoisotopic (exact) mass is 491 g/mol. The fourth-order valence-electron chi connectivity index (χ4n) is 4.41. The van der Waals surface area contributed by atoms with E-state index in [-0.39, 0.29) is 17.8 Å². The lowest BCUT2D eigenvalue weighted by Crippen LogP contribution is -2.51. The number of alkyl halides is 1. The lowest BCUT2D eigenvalue weighted by atomic mass is 9.76. The highest BCUT2D eigenvalue weighted by Gasteiger charge is 2.50. The molecule has 2 aliphatic rings. The van der Waals surface area contributed by atoms with E-state index in [0.717, 1.165) is 31.1 Å². The van der Waals surface area contributed by atoms with Gasteiger partial charge in [-0.05, 0) is 72.5 Å². The summed E-state index contributed by atoms with van der Waals surface area (Å²) in [4.78, 5) is 15.1. The van der Waals surface area contributed by atoms with Gasteiger partial charge in [-0.3, -0.25) is 9.69 Å². The second-order valence-electron chi connectivity index (χ2n) is 6.52. The molecule has 23 heavy (non-hydrogen) atoms. The number of ether oxygens (including phenoxy) is 1. The van der Waals surface area contributed by atoms with Crippen molar-refractivity contribution < 1.29 is 9.53 Å². The van der Waals surface area contributed by atoms with Gasteiger partial charge in [0.1, 0.15) is 0 Å². The van der Waals surface area contributed by atoms with E-state index in [1.807, 2.05) is 0 Å². The van der Waals surface area contributed by atoms with Gasteiger partial charge in [0.15, 0.2) is 0 Å². The van der Waals surface area contributed by atoms with Crippen LogP contribution in [0.25, 0.3) is 0 Å². The maximum atomic E-state index is 12.6. The number of nitrogens with zero attached hydrogens (tertiary/aromatic N) is 1. The number of carbonyl (C=O) groups is 1. The number of halogens is 2. The number of methoxy groups -OCH3 is 1.